The van der Waals surface area contributed by atoms with Crippen LogP contribution in [0.1, 0.15) is 0 Å². The normalized spacial score (nSPS) is 15.6. The van der Waals surface area contributed by atoms with Gasteiger partial charge >= 0.3 is 0 Å². The van der Waals surface area contributed by atoms with Crippen LogP contribution in [0.25, 0.3) is 0 Å². The molecule has 0 amide bonds. The molecule has 3 rings (SSSR count). The molecule has 0 saturated carbocycles. The summed E-state index contributed by atoms with van der Waals surface area (Å²) < 4.78 is 16.7. The molecule has 0 spiro atoms. The average molecular weight is 330 g/mol. The fourth-order valence-electron chi connectivity index (χ4n) is 2.25. The maximum Gasteiger partial charge on any atom is 0.170 e. The Kier molecular flexibility index (Phi) is 4.83. The number of hydrogen-bond acceptors (Lipinski definition) is 4. The van der Waals surface area contributed by atoms with Crippen LogP contribution >= 0.6 is 12.2 Å². The minimum absolute atomic E-state index is 0.0880. The lowest BCUT2D eigenvalue weighted by atomic mass is 10.2. The van der Waals surface area contributed by atoms with Crippen LogP contribution in [0.5, 0.6) is 17.2 Å². The van der Waals surface area contributed by atoms with Crippen molar-refractivity contribution in [3.05, 3.63) is 48.5 Å². The Labute approximate surface area is 140 Å². The molecule has 2 aromatic rings. The number of methoxy groups -OCH3 is 1. The summed E-state index contributed by atoms with van der Waals surface area (Å²) in [6.45, 7) is 1.05. The maximum atomic E-state index is 5.87. The van der Waals surface area contributed by atoms with Gasteiger partial charge in [-0.25, -0.2) is 0 Å². The van der Waals surface area contributed by atoms with Crippen molar-refractivity contribution in [3.8, 4) is 17.2 Å². The first-order valence-corrected chi connectivity index (χ1v) is 7.73. The Bertz CT molecular complexity index is 693. The van der Waals surface area contributed by atoms with E-state index in [1.807, 2.05) is 48.5 Å². The van der Waals surface area contributed by atoms with Gasteiger partial charge in [-0.2, -0.15) is 0 Å². The molecule has 1 atom stereocenters. The van der Waals surface area contributed by atoms with Crippen LogP contribution in [0.2, 0.25) is 0 Å². The smallest absolute Gasteiger partial charge is 0.170 e. The second-order valence-electron chi connectivity index (χ2n) is 5.06. The minimum atomic E-state index is -0.0880. The molecule has 1 aliphatic rings. The summed E-state index contributed by atoms with van der Waals surface area (Å²) in [5.41, 5.74) is 0.869. The minimum Gasteiger partial charge on any atom is -0.497 e. The van der Waals surface area contributed by atoms with Crippen LogP contribution in [0, 0.1) is 0 Å². The van der Waals surface area contributed by atoms with E-state index in [4.69, 9.17) is 26.4 Å². The van der Waals surface area contributed by atoms with Gasteiger partial charge in [-0.05, 0) is 36.5 Å². The molecule has 5 nitrogen and oxygen atoms in total. The zero-order valence-electron chi connectivity index (χ0n) is 12.7. The van der Waals surface area contributed by atoms with Crippen molar-refractivity contribution in [1.29, 1.82) is 0 Å². The first kappa shape index (κ1) is 15.4. The summed E-state index contributed by atoms with van der Waals surface area (Å²) >= 11 is 5.30. The molecule has 0 aliphatic carbocycles. The van der Waals surface area contributed by atoms with Crippen molar-refractivity contribution in [1.82, 2.24) is 5.32 Å². The second-order valence-corrected chi connectivity index (χ2v) is 5.47. The van der Waals surface area contributed by atoms with E-state index >= 15 is 0 Å². The fraction of sp³-hybridized carbons (Fsp3) is 0.235. The average Bonchev–Trinajstić information content (AvgIpc) is 2.60. The summed E-state index contributed by atoms with van der Waals surface area (Å²) in [5, 5.41) is 6.79. The van der Waals surface area contributed by atoms with Crippen molar-refractivity contribution >= 4 is 23.0 Å². The second kappa shape index (κ2) is 7.19. The Hall–Kier alpha value is -2.47. The molecule has 1 heterocycles. The van der Waals surface area contributed by atoms with Crippen LogP contribution in [0.4, 0.5) is 5.69 Å². The molecule has 2 aromatic carbocycles. The number of hydrogen-bond donors (Lipinski definition) is 2. The molecular formula is C17H18N2O3S. The third-order valence-electron chi connectivity index (χ3n) is 3.39. The molecule has 0 saturated heterocycles. The van der Waals surface area contributed by atoms with Crippen LogP contribution in [0.3, 0.4) is 0 Å². The van der Waals surface area contributed by atoms with Crippen LogP contribution < -0.4 is 24.8 Å². The van der Waals surface area contributed by atoms with Crippen molar-refractivity contribution < 1.29 is 14.2 Å². The van der Waals surface area contributed by atoms with Gasteiger partial charge in [0.1, 0.15) is 18.5 Å². The van der Waals surface area contributed by atoms with E-state index in [0.717, 1.165) is 22.9 Å². The summed E-state index contributed by atoms with van der Waals surface area (Å²) in [4.78, 5) is 0. The number of rotatable bonds is 4. The molecule has 1 unspecified atom stereocenters. The molecule has 2 N–H and O–H groups in total. The van der Waals surface area contributed by atoms with Gasteiger partial charge in [0.2, 0.25) is 0 Å². The van der Waals surface area contributed by atoms with E-state index in [9.17, 15) is 0 Å². The molecule has 23 heavy (non-hydrogen) atoms. The number of nitrogens with one attached hydrogen (secondary N) is 2. The molecule has 1 aliphatic heterocycles. The van der Waals surface area contributed by atoms with E-state index in [1.54, 1.807) is 7.11 Å². The van der Waals surface area contributed by atoms with Gasteiger partial charge in [-0.15, -0.1) is 0 Å². The van der Waals surface area contributed by atoms with E-state index in [1.165, 1.54) is 0 Å². The number of para-hydroxylation sites is 2. The Morgan fingerprint density at radius 3 is 2.87 bits per heavy atom. The number of anilines is 1. The molecule has 0 radical (unpaired) electrons. The molecule has 6 heteroatoms. The van der Waals surface area contributed by atoms with Crippen molar-refractivity contribution in [3.63, 3.8) is 0 Å². The maximum absolute atomic E-state index is 5.87. The van der Waals surface area contributed by atoms with Gasteiger partial charge in [0.25, 0.3) is 0 Å². The summed E-state index contributed by atoms with van der Waals surface area (Å²) in [7, 11) is 1.63. The van der Waals surface area contributed by atoms with Gasteiger partial charge < -0.3 is 24.8 Å². The Balaban J connectivity index is 1.50. The SMILES string of the molecule is COc1cccc(NC(=S)NCC2COc3ccccc3O2)c1. The Morgan fingerprint density at radius 2 is 2.04 bits per heavy atom. The largest absolute Gasteiger partial charge is 0.497 e. The van der Waals surface area contributed by atoms with E-state index in [2.05, 4.69) is 10.6 Å². The highest BCUT2D eigenvalue weighted by molar-refractivity contribution is 7.80. The van der Waals surface area contributed by atoms with Gasteiger partial charge in [0.15, 0.2) is 16.6 Å². The zero-order valence-corrected chi connectivity index (χ0v) is 13.6. The number of ether oxygens (including phenoxy) is 3. The lowest BCUT2D eigenvalue weighted by molar-refractivity contribution is 0.0939. The molecular weight excluding hydrogens is 312 g/mol. The van der Waals surface area contributed by atoms with Crippen molar-refractivity contribution in [2.45, 2.75) is 6.10 Å². The summed E-state index contributed by atoms with van der Waals surface area (Å²) in [6, 6.07) is 15.2. The zero-order chi connectivity index (χ0) is 16.1. The topological polar surface area (TPSA) is 51.8 Å². The third-order valence-corrected chi connectivity index (χ3v) is 3.63. The molecule has 120 valence electrons. The van der Waals surface area contributed by atoms with Crippen molar-refractivity contribution in [2.24, 2.45) is 0 Å². The van der Waals surface area contributed by atoms with Gasteiger partial charge in [-0.3, -0.25) is 0 Å². The first-order valence-electron chi connectivity index (χ1n) is 7.32. The number of thiocarbonyl (C=S) groups is 1. The van der Waals surface area contributed by atoms with Gasteiger partial charge in [-0.1, -0.05) is 18.2 Å². The van der Waals surface area contributed by atoms with E-state index < -0.39 is 0 Å². The lowest BCUT2D eigenvalue weighted by Gasteiger charge is -2.27. The molecule has 0 aromatic heterocycles. The van der Waals surface area contributed by atoms with Crippen LogP contribution in [-0.4, -0.2) is 31.5 Å². The fourth-order valence-corrected chi connectivity index (χ4v) is 2.45. The monoisotopic (exact) mass is 330 g/mol. The predicted octanol–water partition coefficient (Wildman–Crippen LogP) is 2.82. The van der Waals surface area contributed by atoms with E-state index in [-0.39, 0.29) is 6.10 Å². The predicted molar refractivity (Wildman–Crippen MR) is 93.6 cm³/mol. The van der Waals surface area contributed by atoms with Gasteiger partial charge in [0.05, 0.1) is 13.7 Å². The van der Waals surface area contributed by atoms with Crippen molar-refractivity contribution in [2.75, 3.05) is 25.6 Å². The van der Waals surface area contributed by atoms with E-state index in [0.29, 0.717) is 18.3 Å². The number of benzene rings is 2. The highest BCUT2D eigenvalue weighted by atomic mass is 32.1. The standard InChI is InChI=1S/C17H18N2O3S/c1-20-13-6-4-5-12(9-13)19-17(23)18-10-14-11-21-15-7-2-3-8-16(15)22-14/h2-9,14H,10-11H2,1H3,(H2,18,19,23). The third kappa shape index (κ3) is 4.04. The highest BCUT2D eigenvalue weighted by Crippen LogP contribution is 2.30. The summed E-state index contributed by atoms with van der Waals surface area (Å²) in [5.74, 6) is 2.32. The quantitative estimate of drug-likeness (QED) is 0.841. The summed E-state index contributed by atoms with van der Waals surface area (Å²) in [6.07, 6.45) is -0.0880. The Morgan fingerprint density at radius 1 is 1.22 bits per heavy atom. The first-order chi connectivity index (χ1) is 11.2. The van der Waals surface area contributed by atoms with Gasteiger partial charge in [0, 0.05) is 11.8 Å². The highest BCUT2D eigenvalue weighted by Gasteiger charge is 2.20. The van der Waals surface area contributed by atoms with Crippen LogP contribution in [-0.2, 0) is 0 Å². The molecule has 0 fully saturated rings. The number of fused-ring (bicyclic) bond motifs is 1. The van der Waals surface area contributed by atoms with Crippen LogP contribution in [0.15, 0.2) is 48.5 Å². The lowest BCUT2D eigenvalue weighted by Crippen LogP contribution is -2.42. The molecule has 0 bridgehead atoms.